The second kappa shape index (κ2) is 5.88. The van der Waals surface area contributed by atoms with Gasteiger partial charge < -0.3 is 10.4 Å². The molecule has 21 heavy (non-hydrogen) atoms. The Balaban J connectivity index is 2.34. The average Bonchev–Trinajstić information content (AvgIpc) is 2.40. The Kier molecular flexibility index (Phi) is 4.18. The fourth-order valence-electron chi connectivity index (χ4n) is 1.67. The first kappa shape index (κ1) is 14.9. The number of carbonyl (C=O) groups excluding carboxylic acids is 1. The van der Waals surface area contributed by atoms with E-state index in [4.69, 9.17) is 16.7 Å². The molecule has 2 aromatic carbocycles. The Morgan fingerprint density at radius 1 is 1.00 bits per heavy atom. The van der Waals surface area contributed by atoms with Crippen LogP contribution in [0.3, 0.4) is 0 Å². The molecule has 0 radical (unpaired) electrons. The Labute approximate surface area is 123 Å². The first-order valence-corrected chi connectivity index (χ1v) is 6.05. The zero-order valence-corrected chi connectivity index (χ0v) is 11.1. The lowest BCUT2D eigenvalue weighted by atomic mass is 10.1. The summed E-state index contributed by atoms with van der Waals surface area (Å²) in [5, 5.41) is 11.2. The second-order valence-corrected chi connectivity index (χ2v) is 4.48. The van der Waals surface area contributed by atoms with E-state index >= 15 is 0 Å². The van der Waals surface area contributed by atoms with Crippen molar-refractivity contribution < 1.29 is 23.5 Å². The maximum atomic E-state index is 13.0. The number of benzene rings is 2. The number of carbonyl (C=O) groups is 2. The van der Waals surface area contributed by atoms with Gasteiger partial charge >= 0.3 is 5.97 Å². The number of carboxylic acids is 1. The molecule has 0 heterocycles. The smallest absolute Gasteiger partial charge is 0.337 e. The topological polar surface area (TPSA) is 66.4 Å². The van der Waals surface area contributed by atoms with Gasteiger partial charge in [-0.15, -0.1) is 0 Å². The second-order valence-electron chi connectivity index (χ2n) is 4.07. The van der Waals surface area contributed by atoms with Crippen molar-refractivity contribution in [3.05, 3.63) is 64.2 Å². The minimum absolute atomic E-state index is 0.0290. The van der Waals surface area contributed by atoms with Gasteiger partial charge in [-0.3, -0.25) is 4.79 Å². The number of aromatic carboxylic acids is 1. The van der Waals surface area contributed by atoms with Crippen molar-refractivity contribution in [2.75, 3.05) is 5.32 Å². The van der Waals surface area contributed by atoms with Crippen LogP contribution in [0.1, 0.15) is 20.7 Å². The predicted octanol–water partition coefficient (Wildman–Crippen LogP) is 3.57. The molecule has 0 unspecified atom stereocenters. The van der Waals surface area contributed by atoms with Gasteiger partial charge in [0.2, 0.25) is 0 Å². The molecule has 2 aromatic rings. The minimum atomic E-state index is -1.39. The molecule has 2 N–H and O–H groups in total. The lowest BCUT2D eigenvalue weighted by molar-refractivity contribution is 0.0697. The normalized spacial score (nSPS) is 10.2. The summed E-state index contributed by atoms with van der Waals surface area (Å²) in [5.41, 5.74) is -0.519. The maximum absolute atomic E-state index is 13.0. The van der Waals surface area contributed by atoms with Crippen molar-refractivity contribution >= 4 is 29.2 Å². The molecule has 7 heteroatoms. The van der Waals surface area contributed by atoms with E-state index in [1.54, 1.807) is 0 Å². The van der Waals surface area contributed by atoms with Crippen molar-refractivity contribution in [2.24, 2.45) is 0 Å². The summed E-state index contributed by atoms with van der Waals surface area (Å²) < 4.78 is 26.0. The number of hydrogen-bond donors (Lipinski definition) is 2. The summed E-state index contributed by atoms with van der Waals surface area (Å²) in [6.45, 7) is 0. The monoisotopic (exact) mass is 311 g/mol. The van der Waals surface area contributed by atoms with Gasteiger partial charge in [0, 0.05) is 0 Å². The number of halogens is 3. The van der Waals surface area contributed by atoms with Crippen molar-refractivity contribution in [1.29, 1.82) is 0 Å². The van der Waals surface area contributed by atoms with E-state index in [2.05, 4.69) is 5.32 Å². The van der Waals surface area contributed by atoms with Crippen LogP contribution in [0.25, 0.3) is 0 Å². The van der Waals surface area contributed by atoms with Crippen LogP contribution in [-0.2, 0) is 0 Å². The number of hydrogen-bond acceptors (Lipinski definition) is 2. The largest absolute Gasteiger partial charge is 0.478 e. The fraction of sp³-hybridized carbons (Fsp3) is 0. The minimum Gasteiger partial charge on any atom is -0.478 e. The van der Waals surface area contributed by atoms with Crippen LogP contribution in [0, 0.1) is 11.6 Å². The molecule has 0 aliphatic heterocycles. The Morgan fingerprint density at radius 2 is 1.62 bits per heavy atom. The van der Waals surface area contributed by atoms with Crippen molar-refractivity contribution in [2.45, 2.75) is 0 Å². The molecule has 0 atom stereocenters. The number of rotatable bonds is 3. The highest BCUT2D eigenvalue weighted by molar-refractivity contribution is 6.34. The quantitative estimate of drug-likeness (QED) is 0.910. The van der Waals surface area contributed by atoms with Gasteiger partial charge in [0.25, 0.3) is 5.91 Å². The SMILES string of the molecule is O=C(Nc1ccc(F)cc1C(=O)O)c1ccc(F)cc1Cl. The zero-order valence-electron chi connectivity index (χ0n) is 10.4. The molecular weight excluding hydrogens is 304 g/mol. The summed E-state index contributed by atoms with van der Waals surface area (Å²) in [6.07, 6.45) is 0. The van der Waals surface area contributed by atoms with E-state index in [0.717, 1.165) is 36.4 Å². The number of carboxylic acid groups (broad SMARTS) is 1. The van der Waals surface area contributed by atoms with Gasteiger partial charge in [-0.1, -0.05) is 11.6 Å². The molecule has 0 saturated carbocycles. The molecule has 0 bridgehead atoms. The van der Waals surface area contributed by atoms with Crippen molar-refractivity contribution in [3.8, 4) is 0 Å². The van der Waals surface area contributed by atoms with E-state index in [9.17, 15) is 18.4 Å². The fourth-order valence-corrected chi connectivity index (χ4v) is 1.92. The van der Waals surface area contributed by atoms with Crippen LogP contribution in [0.2, 0.25) is 5.02 Å². The van der Waals surface area contributed by atoms with Crippen LogP contribution in [-0.4, -0.2) is 17.0 Å². The molecule has 0 fully saturated rings. The standard InChI is InChI=1S/C14H8ClF2NO3/c15-11-6-8(17)1-3-9(11)13(19)18-12-4-2-7(16)5-10(12)14(20)21/h1-6H,(H,18,19)(H,20,21). The molecule has 4 nitrogen and oxygen atoms in total. The summed E-state index contributed by atoms with van der Waals surface area (Å²) in [7, 11) is 0. The number of anilines is 1. The lowest BCUT2D eigenvalue weighted by Gasteiger charge is -2.09. The molecule has 0 aliphatic rings. The first-order chi connectivity index (χ1) is 9.88. The molecule has 0 spiro atoms. The van der Waals surface area contributed by atoms with E-state index in [1.165, 1.54) is 0 Å². The van der Waals surface area contributed by atoms with E-state index < -0.39 is 29.1 Å². The third-order valence-corrected chi connectivity index (χ3v) is 2.95. The van der Waals surface area contributed by atoms with Gasteiger partial charge in [-0.25, -0.2) is 13.6 Å². The highest BCUT2D eigenvalue weighted by Gasteiger charge is 2.16. The van der Waals surface area contributed by atoms with Crippen LogP contribution < -0.4 is 5.32 Å². The Bertz CT molecular complexity index is 734. The molecule has 2 rings (SSSR count). The molecule has 0 aromatic heterocycles. The Morgan fingerprint density at radius 3 is 2.24 bits per heavy atom. The van der Waals surface area contributed by atoms with Crippen molar-refractivity contribution in [1.82, 2.24) is 0 Å². The van der Waals surface area contributed by atoms with Gasteiger partial charge in [0.05, 0.1) is 21.8 Å². The van der Waals surface area contributed by atoms with Crippen LogP contribution in [0.15, 0.2) is 36.4 Å². The first-order valence-electron chi connectivity index (χ1n) is 5.67. The van der Waals surface area contributed by atoms with Crippen LogP contribution in [0.5, 0.6) is 0 Å². The molecule has 0 saturated heterocycles. The van der Waals surface area contributed by atoms with Gasteiger partial charge in [0.1, 0.15) is 11.6 Å². The van der Waals surface area contributed by atoms with E-state index in [-0.39, 0.29) is 16.3 Å². The zero-order chi connectivity index (χ0) is 15.6. The van der Waals surface area contributed by atoms with Crippen molar-refractivity contribution in [3.63, 3.8) is 0 Å². The molecule has 1 amide bonds. The Hall–Kier alpha value is -2.47. The highest BCUT2D eigenvalue weighted by Crippen LogP contribution is 2.21. The van der Waals surface area contributed by atoms with Gasteiger partial charge in [-0.2, -0.15) is 0 Å². The van der Waals surface area contributed by atoms with Gasteiger partial charge in [0.15, 0.2) is 0 Å². The average molecular weight is 312 g/mol. The van der Waals surface area contributed by atoms with Gasteiger partial charge in [-0.05, 0) is 36.4 Å². The summed E-state index contributed by atoms with van der Waals surface area (Å²) in [4.78, 5) is 23.0. The van der Waals surface area contributed by atoms with Crippen LogP contribution >= 0.6 is 11.6 Å². The molecule has 0 aliphatic carbocycles. The summed E-state index contributed by atoms with van der Waals surface area (Å²) in [5.74, 6) is -3.47. The summed E-state index contributed by atoms with van der Waals surface area (Å²) in [6, 6.07) is 6.08. The van der Waals surface area contributed by atoms with E-state index in [1.807, 2.05) is 0 Å². The van der Waals surface area contributed by atoms with E-state index in [0.29, 0.717) is 0 Å². The third-order valence-electron chi connectivity index (χ3n) is 2.64. The number of amides is 1. The third kappa shape index (κ3) is 3.35. The summed E-state index contributed by atoms with van der Waals surface area (Å²) >= 11 is 5.74. The highest BCUT2D eigenvalue weighted by atomic mass is 35.5. The predicted molar refractivity (Wildman–Crippen MR) is 72.7 cm³/mol. The van der Waals surface area contributed by atoms with Crippen LogP contribution in [0.4, 0.5) is 14.5 Å². The molecule has 108 valence electrons. The molecular formula is C14H8ClF2NO3. The maximum Gasteiger partial charge on any atom is 0.337 e. The number of nitrogens with one attached hydrogen (secondary N) is 1. The lowest BCUT2D eigenvalue weighted by Crippen LogP contribution is -2.15.